The van der Waals surface area contributed by atoms with E-state index in [4.69, 9.17) is 0 Å². The van der Waals surface area contributed by atoms with E-state index in [-0.39, 0.29) is 29.9 Å². The Morgan fingerprint density at radius 2 is 1.50 bits per heavy atom. The molecule has 1 N–H and O–H groups in total. The van der Waals surface area contributed by atoms with E-state index in [1.54, 1.807) is 4.90 Å². The number of rotatable bonds is 7. The number of benzene rings is 2. The molecule has 5 rings (SSSR count). The summed E-state index contributed by atoms with van der Waals surface area (Å²) in [7, 11) is 1.91. The van der Waals surface area contributed by atoms with E-state index >= 15 is 0 Å². The van der Waals surface area contributed by atoms with Crippen LogP contribution in [0.1, 0.15) is 15.9 Å². The number of carbonyl (C=O) groups excluding carboxylic acids is 1. The molecule has 1 fully saturated rings. The van der Waals surface area contributed by atoms with Crippen LogP contribution in [0.15, 0.2) is 48.7 Å². The zero-order chi connectivity index (χ0) is 28.4. The monoisotopic (exact) mass is 555 g/mol. The minimum atomic E-state index is -2.29. The molecular formula is C27H22F5N7O. The van der Waals surface area contributed by atoms with Crippen molar-refractivity contribution in [3.8, 4) is 11.4 Å². The van der Waals surface area contributed by atoms with Crippen molar-refractivity contribution in [1.82, 2.24) is 24.8 Å². The third-order valence-electron chi connectivity index (χ3n) is 6.37. The molecule has 0 amide bonds. The van der Waals surface area contributed by atoms with Gasteiger partial charge in [0.25, 0.3) is 0 Å². The number of nitrogens with one attached hydrogen (secondary N) is 1. The van der Waals surface area contributed by atoms with Gasteiger partial charge in [-0.15, -0.1) is 0 Å². The van der Waals surface area contributed by atoms with E-state index in [1.807, 2.05) is 42.3 Å². The van der Waals surface area contributed by atoms with E-state index in [9.17, 15) is 26.7 Å². The SMILES string of the molecule is CN1CCN(c2nc(Nc3cc(C(=O)Cc4ccccc4)ccn3)nc(-c3c(F)c(F)c(F)c(F)c3F)n2)CC1. The summed E-state index contributed by atoms with van der Waals surface area (Å²) in [6.07, 6.45) is 1.53. The van der Waals surface area contributed by atoms with Gasteiger partial charge in [0, 0.05) is 44.4 Å². The summed E-state index contributed by atoms with van der Waals surface area (Å²) in [4.78, 5) is 33.0. The van der Waals surface area contributed by atoms with Crippen LogP contribution in [0, 0.1) is 29.1 Å². The van der Waals surface area contributed by atoms with Crippen LogP contribution in [0.5, 0.6) is 0 Å². The Kier molecular flexibility index (Phi) is 7.65. The molecule has 3 heterocycles. The van der Waals surface area contributed by atoms with Gasteiger partial charge in [-0.25, -0.2) is 26.9 Å². The molecular weight excluding hydrogens is 533 g/mol. The van der Waals surface area contributed by atoms with Crippen molar-refractivity contribution in [3.05, 3.63) is 88.9 Å². The van der Waals surface area contributed by atoms with Crippen molar-refractivity contribution in [2.75, 3.05) is 43.4 Å². The molecule has 0 atom stereocenters. The van der Waals surface area contributed by atoms with Gasteiger partial charge in [-0.2, -0.15) is 15.0 Å². The molecule has 8 nitrogen and oxygen atoms in total. The Bertz CT molecular complexity index is 1530. The van der Waals surface area contributed by atoms with Crippen molar-refractivity contribution in [1.29, 1.82) is 0 Å². The highest BCUT2D eigenvalue weighted by Gasteiger charge is 2.30. The molecule has 0 unspecified atom stereocenters. The summed E-state index contributed by atoms with van der Waals surface area (Å²) in [5, 5.41) is 2.77. The van der Waals surface area contributed by atoms with Gasteiger partial charge >= 0.3 is 0 Å². The number of nitrogens with zero attached hydrogens (tertiary/aromatic N) is 6. The fourth-order valence-electron chi connectivity index (χ4n) is 4.15. The van der Waals surface area contributed by atoms with Gasteiger partial charge in [-0.3, -0.25) is 4.79 Å². The standard InChI is InChI=1S/C27H22F5N7O/c1-38-9-11-39(12-10-38)27-36-25(19-20(28)22(30)24(32)23(31)21(19)29)35-26(37-27)34-18-14-16(7-8-33-18)17(40)13-15-5-3-2-4-6-15/h2-8,14H,9-13H2,1H3,(H,33,34,35,36,37). The lowest BCUT2D eigenvalue weighted by molar-refractivity contribution is 0.0993. The number of anilines is 3. The number of halogens is 5. The number of piperazine rings is 1. The molecule has 40 heavy (non-hydrogen) atoms. The first-order valence-electron chi connectivity index (χ1n) is 12.2. The average molecular weight is 556 g/mol. The average Bonchev–Trinajstić information content (AvgIpc) is 2.96. The van der Waals surface area contributed by atoms with Crippen molar-refractivity contribution in [2.24, 2.45) is 0 Å². The Balaban J connectivity index is 1.52. The van der Waals surface area contributed by atoms with E-state index < -0.39 is 40.5 Å². The minimum absolute atomic E-state index is 0.0270. The number of Topliss-reactive ketones (excluding diaryl/α,β-unsaturated/α-hetero) is 1. The first kappa shape index (κ1) is 27.1. The third kappa shape index (κ3) is 5.59. The maximum absolute atomic E-state index is 14.7. The highest BCUT2D eigenvalue weighted by atomic mass is 19.2. The van der Waals surface area contributed by atoms with Crippen LogP contribution in [0.3, 0.4) is 0 Å². The maximum Gasteiger partial charge on any atom is 0.233 e. The van der Waals surface area contributed by atoms with E-state index in [0.717, 1.165) is 5.56 Å². The van der Waals surface area contributed by atoms with Crippen molar-refractivity contribution in [2.45, 2.75) is 6.42 Å². The molecule has 0 aliphatic carbocycles. The summed E-state index contributed by atoms with van der Waals surface area (Å²) < 4.78 is 71.1. The zero-order valence-electron chi connectivity index (χ0n) is 21.1. The van der Waals surface area contributed by atoms with E-state index in [0.29, 0.717) is 31.7 Å². The molecule has 1 saturated heterocycles. The third-order valence-corrected chi connectivity index (χ3v) is 6.37. The summed E-state index contributed by atoms with van der Waals surface area (Å²) in [5.41, 5.74) is -0.132. The van der Waals surface area contributed by atoms with Crippen LogP contribution >= 0.6 is 0 Å². The molecule has 4 aromatic rings. The van der Waals surface area contributed by atoms with Crippen LogP contribution in [0.25, 0.3) is 11.4 Å². The second-order valence-corrected chi connectivity index (χ2v) is 9.16. The zero-order valence-corrected chi connectivity index (χ0v) is 21.1. The Morgan fingerprint density at radius 1 is 0.850 bits per heavy atom. The van der Waals surface area contributed by atoms with Gasteiger partial charge in [0.05, 0.1) is 5.56 Å². The first-order valence-corrected chi connectivity index (χ1v) is 12.2. The van der Waals surface area contributed by atoms with Crippen LogP contribution in [0.4, 0.5) is 39.7 Å². The van der Waals surface area contributed by atoms with Crippen LogP contribution < -0.4 is 10.2 Å². The molecule has 0 saturated carbocycles. The fraction of sp³-hybridized carbons (Fsp3) is 0.222. The molecule has 13 heteroatoms. The molecule has 2 aromatic heterocycles. The van der Waals surface area contributed by atoms with Crippen molar-refractivity contribution < 1.29 is 26.7 Å². The normalized spacial score (nSPS) is 13.9. The largest absolute Gasteiger partial charge is 0.338 e. The van der Waals surface area contributed by atoms with Gasteiger partial charge in [0.2, 0.25) is 17.7 Å². The summed E-state index contributed by atoms with van der Waals surface area (Å²) in [6, 6.07) is 12.1. The Morgan fingerprint density at radius 3 is 2.17 bits per heavy atom. The Hall–Kier alpha value is -4.52. The number of likely N-dealkylation sites (N-methyl/N-ethyl adjacent to an activating group) is 1. The summed E-state index contributed by atoms with van der Waals surface area (Å²) in [6.45, 7) is 2.13. The first-order chi connectivity index (χ1) is 19.2. The molecule has 2 aromatic carbocycles. The van der Waals surface area contributed by atoms with Crippen LogP contribution in [-0.2, 0) is 6.42 Å². The topological polar surface area (TPSA) is 87.1 Å². The number of hydrogen-bond donors (Lipinski definition) is 1. The molecule has 1 aliphatic heterocycles. The lowest BCUT2D eigenvalue weighted by atomic mass is 10.0. The van der Waals surface area contributed by atoms with Gasteiger partial charge in [-0.1, -0.05) is 30.3 Å². The number of pyridine rings is 1. The molecule has 0 spiro atoms. The van der Waals surface area contributed by atoms with Crippen molar-refractivity contribution >= 4 is 23.5 Å². The van der Waals surface area contributed by atoms with Gasteiger partial charge < -0.3 is 15.1 Å². The van der Waals surface area contributed by atoms with Gasteiger partial charge in [0.1, 0.15) is 5.82 Å². The number of carbonyl (C=O) groups is 1. The lowest BCUT2D eigenvalue weighted by Crippen LogP contribution is -2.45. The maximum atomic E-state index is 14.7. The van der Waals surface area contributed by atoms with E-state index in [2.05, 4.69) is 25.3 Å². The van der Waals surface area contributed by atoms with E-state index in [1.165, 1.54) is 18.3 Å². The number of hydrogen-bond acceptors (Lipinski definition) is 8. The lowest BCUT2D eigenvalue weighted by Gasteiger charge is -2.32. The predicted octanol–water partition coefficient (Wildman–Crippen LogP) is 4.55. The number of ketones is 1. The number of aromatic nitrogens is 4. The highest BCUT2D eigenvalue weighted by molar-refractivity contribution is 5.98. The quantitative estimate of drug-likeness (QED) is 0.154. The van der Waals surface area contributed by atoms with Gasteiger partial charge in [-0.05, 0) is 24.7 Å². The smallest absolute Gasteiger partial charge is 0.233 e. The predicted molar refractivity (Wildman–Crippen MR) is 137 cm³/mol. The second-order valence-electron chi connectivity index (χ2n) is 9.16. The van der Waals surface area contributed by atoms with Gasteiger partial charge in [0.15, 0.2) is 34.9 Å². The molecule has 0 bridgehead atoms. The Labute approximate surface area is 225 Å². The molecule has 206 valence electrons. The molecule has 0 radical (unpaired) electrons. The molecule has 1 aliphatic rings. The van der Waals surface area contributed by atoms with Crippen LogP contribution in [-0.4, -0.2) is 63.8 Å². The highest BCUT2D eigenvalue weighted by Crippen LogP contribution is 2.31. The minimum Gasteiger partial charge on any atom is -0.338 e. The van der Waals surface area contributed by atoms with Crippen LogP contribution in [0.2, 0.25) is 0 Å². The fourth-order valence-corrected chi connectivity index (χ4v) is 4.15. The second kappa shape index (κ2) is 11.3. The summed E-state index contributed by atoms with van der Waals surface area (Å²) >= 11 is 0. The van der Waals surface area contributed by atoms with Crippen molar-refractivity contribution in [3.63, 3.8) is 0 Å². The summed E-state index contributed by atoms with van der Waals surface area (Å²) in [5.74, 6) is -11.8.